The van der Waals surface area contributed by atoms with Crippen LogP contribution in [0.5, 0.6) is 0 Å². The molecule has 2 aromatic rings. The first kappa shape index (κ1) is 16.2. The Morgan fingerprint density at radius 3 is 2.96 bits per heavy atom. The van der Waals surface area contributed by atoms with E-state index in [-0.39, 0.29) is 6.10 Å². The Hall–Kier alpha value is -1.31. The van der Waals surface area contributed by atoms with Gasteiger partial charge in [-0.3, -0.25) is 10.00 Å². The molecule has 1 aliphatic heterocycles. The third kappa shape index (κ3) is 3.68. The zero-order chi connectivity index (χ0) is 16.4. The molecule has 3 heterocycles. The minimum absolute atomic E-state index is 0.0415. The van der Waals surface area contributed by atoms with Crippen molar-refractivity contribution in [2.24, 2.45) is 0 Å². The summed E-state index contributed by atoms with van der Waals surface area (Å²) in [5.74, 6) is 2.30. The van der Waals surface area contributed by atoms with Crippen molar-refractivity contribution in [2.75, 3.05) is 19.7 Å². The third-order valence-corrected chi connectivity index (χ3v) is 6.02. The fourth-order valence-corrected chi connectivity index (χ4v) is 4.65. The number of thiazole rings is 1. The van der Waals surface area contributed by atoms with Crippen LogP contribution in [-0.4, -0.2) is 44.8 Å². The number of ether oxygens (including phenoxy) is 1. The maximum Gasteiger partial charge on any atom is 0.180 e. The van der Waals surface area contributed by atoms with Gasteiger partial charge >= 0.3 is 0 Å². The standard InChI is InChI=1S/C17H25N5OS/c1-12-18-16(21-20-12)15-10-22(7-8-23-15)9-14-11-24-17(19-14)13-5-3-2-4-6-13/h11,13,15H,2-10H2,1H3,(H,18,20,21)/t15-/m0/s1. The summed E-state index contributed by atoms with van der Waals surface area (Å²) in [6.45, 7) is 5.30. The Morgan fingerprint density at radius 2 is 2.17 bits per heavy atom. The Kier molecular flexibility index (Phi) is 4.91. The van der Waals surface area contributed by atoms with E-state index >= 15 is 0 Å². The van der Waals surface area contributed by atoms with Crippen molar-refractivity contribution in [3.63, 3.8) is 0 Å². The van der Waals surface area contributed by atoms with Gasteiger partial charge in [0.05, 0.1) is 17.3 Å². The molecule has 0 bridgehead atoms. The van der Waals surface area contributed by atoms with Crippen LogP contribution in [0.2, 0.25) is 0 Å². The van der Waals surface area contributed by atoms with Gasteiger partial charge in [0.1, 0.15) is 11.9 Å². The van der Waals surface area contributed by atoms with E-state index < -0.39 is 0 Å². The molecule has 2 aliphatic rings. The van der Waals surface area contributed by atoms with Gasteiger partial charge < -0.3 is 4.74 Å². The van der Waals surface area contributed by atoms with Crippen molar-refractivity contribution in [1.82, 2.24) is 25.1 Å². The highest BCUT2D eigenvalue weighted by Gasteiger charge is 2.26. The number of aryl methyl sites for hydroxylation is 1. The molecule has 24 heavy (non-hydrogen) atoms. The van der Waals surface area contributed by atoms with Gasteiger partial charge in [-0.15, -0.1) is 11.3 Å². The normalized spacial score (nSPS) is 23.6. The molecule has 1 N–H and O–H groups in total. The van der Waals surface area contributed by atoms with E-state index in [1.165, 1.54) is 42.8 Å². The number of aromatic amines is 1. The van der Waals surface area contributed by atoms with Gasteiger partial charge in [-0.05, 0) is 19.8 Å². The summed E-state index contributed by atoms with van der Waals surface area (Å²) in [6.07, 6.45) is 6.71. The molecule has 2 aromatic heterocycles. The fraction of sp³-hybridized carbons (Fsp3) is 0.706. The van der Waals surface area contributed by atoms with Crippen molar-refractivity contribution in [3.8, 4) is 0 Å². The van der Waals surface area contributed by atoms with Gasteiger partial charge in [-0.25, -0.2) is 9.97 Å². The molecule has 0 amide bonds. The SMILES string of the molecule is Cc1nc([C@@H]2CN(Cc3csc(C4CCCCC4)n3)CCO2)n[nH]1. The molecule has 2 fully saturated rings. The summed E-state index contributed by atoms with van der Waals surface area (Å²) in [5, 5.41) is 10.7. The average molecular weight is 347 g/mol. The maximum atomic E-state index is 5.84. The molecule has 1 atom stereocenters. The minimum Gasteiger partial charge on any atom is -0.367 e. The van der Waals surface area contributed by atoms with E-state index in [1.54, 1.807) is 0 Å². The number of hydrogen-bond acceptors (Lipinski definition) is 6. The number of aromatic nitrogens is 4. The van der Waals surface area contributed by atoms with Crippen molar-refractivity contribution >= 4 is 11.3 Å². The van der Waals surface area contributed by atoms with Crippen molar-refractivity contribution in [1.29, 1.82) is 0 Å². The smallest absolute Gasteiger partial charge is 0.180 e. The maximum absolute atomic E-state index is 5.84. The monoisotopic (exact) mass is 347 g/mol. The first-order chi connectivity index (χ1) is 11.8. The van der Waals surface area contributed by atoms with Crippen LogP contribution >= 0.6 is 11.3 Å². The predicted octanol–water partition coefficient (Wildman–Crippen LogP) is 3.19. The lowest BCUT2D eigenvalue weighted by Crippen LogP contribution is -2.38. The van der Waals surface area contributed by atoms with E-state index in [4.69, 9.17) is 9.72 Å². The van der Waals surface area contributed by atoms with Crippen LogP contribution in [0.15, 0.2) is 5.38 Å². The molecular formula is C17H25N5OS. The Morgan fingerprint density at radius 1 is 1.29 bits per heavy atom. The lowest BCUT2D eigenvalue weighted by molar-refractivity contribution is -0.0373. The van der Waals surface area contributed by atoms with Crippen LogP contribution in [0, 0.1) is 6.92 Å². The lowest BCUT2D eigenvalue weighted by Gasteiger charge is -2.31. The van der Waals surface area contributed by atoms with Gasteiger partial charge in [0.15, 0.2) is 5.82 Å². The zero-order valence-electron chi connectivity index (χ0n) is 14.2. The molecule has 1 saturated heterocycles. The second-order valence-corrected chi connectivity index (χ2v) is 7.78. The zero-order valence-corrected chi connectivity index (χ0v) is 15.0. The van der Waals surface area contributed by atoms with Gasteiger partial charge in [0.2, 0.25) is 0 Å². The summed E-state index contributed by atoms with van der Waals surface area (Å²) in [4.78, 5) is 11.7. The molecular weight excluding hydrogens is 322 g/mol. The topological polar surface area (TPSA) is 66.9 Å². The average Bonchev–Trinajstić information content (AvgIpc) is 3.25. The summed E-state index contributed by atoms with van der Waals surface area (Å²) < 4.78 is 5.84. The Bertz CT molecular complexity index is 663. The number of hydrogen-bond donors (Lipinski definition) is 1. The molecule has 0 unspecified atom stereocenters. The van der Waals surface area contributed by atoms with Crippen molar-refractivity contribution in [3.05, 3.63) is 27.7 Å². The number of rotatable bonds is 4. The van der Waals surface area contributed by atoms with Crippen LogP contribution in [0.4, 0.5) is 0 Å². The molecule has 0 radical (unpaired) electrons. The Balaban J connectivity index is 1.37. The van der Waals surface area contributed by atoms with Crippen LogP contribution < -0.4 is 0 Å². The number of nitrogens with zero attached hydrogens (tertiary/aromatic N) is 4. The predicted molar refractivity (Wildman–Crippen MR) is 93.0 cm³/mol. The van der Waals surface area contributed by atoms with E-state index in [0.717, 1.165) is 37.9 Å². The molecule has 0 aromatic carbocycles. The molecule has 1 aliphatic carbocycles. The first-order valence-corrected chi connectivity index (χ1v) is 9.83. The molecule has 4 rings (SSSR count). The number of nitrogens with one attached hydrogen (secondary N) is 1. The van der Waals surface area contributed by atoms with E-state index in [0.29, 0.717) is 5.92 Å². The van der Waals surface area contributed by atoms with Gasteiger partial charge in [0.25, 0.3) is 0 Å². The van der Waals surface area contributed by atoms with Crippen LogP contribution in [0.1, 0.15) is 66.5 Å². The fourth-order valence-electron chi connectivity index (χ4n) is 3.67. The quantitative estimate of drug-likeness (QED) is 0.920. The van der Waals surface area contributed by atoms with Crippen molar-refractivity contribution in [2.45, 2.75) is 57.6 Å². The summed E-state index contributed by atoms with van der Waals surface area (Å²) >= 11 is 1.85. The second-order valence-electron chi connectivity index (χ2n) is 6.89. The molecule has 130 valence electrons. The molecule has 7 heteroatoms. The number of H-pyrrole nitrogens is 1. The largest absolute Gasteiger partial charge is 0.367 e. The van der Waals surface area contributed by atoms with E-state index in [2.05, 4.69) is 25.5 Å². The summed E-state index contributed by atoms with van der Waals surface area (Å²) in [6, 6.07) is 0. The van der Waals surface area contributed by atoms with Crippen LogP contribution in [0.3, 0.4) is 0 Å². The molecule has 6 nitrogen and oxygen atoms in total. The number of morpholine rings is 1. The lowest BCUT2D eigenvalue weighted by atomic mass is 9.90. The highest BCUT2D eigenvalue weighted by molar-refractivity contribution is 7.09. The first-order valence-electron chi connectivity index (χ1n) is 8.95. The third-order valence-electron chi connectivity index (χ3n) is 4.96. The van der Waals surface area contributed by atoms with E-state index in [9.17, 15) is 0 Å². The van der Waals surface area contributed by atoms with Gasteiger partial charge in [-0.2, -0.15) is 5.10 Å². The Labute approximate surface area is 146 Å². The summed E-state index contributed by atoms with van der Waals surface area (Å²) in [7, 11) is 0. The van der Waals surface area contributed by atoms with E-state index in [1.807, 2.05) is 18.3 Å². The highest BCUT2D eigenvalue weighted by Crippen LogP contribution is 2.34. The molecule has 0 spiro atoms. The van der Waals surface area contributed by atoms with Crippen molar-refractivity contribution < 1.29 is 4.74 Å². The van der Waals surface area contributed by atoms with Gasteiger partial charge in [-0.1, -0.05) is 19.3 Å². The van der Waals surface area contributed by atoms with Crippen LogP contribution in [0.25, 0.3) is 0 Å². The van der Waals surface area contributed by atoms with Crippen LogP contribution in [-0.2, 0) is 11.3 Å². The van der Waals surface area contributed by atoms with Gasteiger partial charge in [0, 0.05) is 30.9 Å². The second kappa shape index (κ2) is 7.29. The molecule has 1 saturated carbocycles. The minimum atomic E-state index is -0.0415. The highest BCUT2D eigenvalue weighted by atomic mass is 32.1. The summed E-state index contributed by atoms with van der Waals surface area (Å²) in [5.41, 5.74) is 1.20.